The van der Waals surface area contributed by atoms with Crippen LogP contribution in [0.3, 0.4) is 0 Å². The Morgan fingerprint density at radius 2 is 1.92 bits per heavy atom. The van der Waals surface area contributed by atoms with Gasteiger partial charge in [-0.05, 0) is 36.5 Å². The average molecular weight is 508 g/mol. The summed E-state index contributed by atoms with van der Waals surface area (Å²) in [7, 11) is 1.68. The molecule has 1 aliphatic heterocycles. The molecule has 2 aliphatic rings. The Kier molecular flexibility index (Phi) is 8.20. The van der Waals surface area contributed by atoms with Crippen LogP contribution in [0.15, 0.2) is 58.1 Å². The number of thioether (sulfide) groups is 1. The quantitative estimate of drug-likeness (QED) is 0.308. The Hall–Kier alpha value is -2.88. The zero-order chi connectivity index (χ0) is 24.7. The van der Waals surface area contributed by atoms with Crippen molar-refractivity contribution in [2.75, 3.05) is 44.7 Å². The highest BCUT2D eigenvalue weighted by Crippen LogP contribution is 2.28. The fourth-order valence-electron chi connectivity index (χ4n) is 4.24. The van der Waals surface area contributed by atoms with E-state index in [0.29, 0.717) is 29.2 Å². The number of methoxy groups -OCH3 is 1. The molecule has 0 spiro atoms. The van der Waals surface area contributed by atoms with Gasteiger partial charge in [0.1, 0.15) is 11.6 Å². The van der Waals surface area contributed by atoms with Crippen molar-refractivity contribution in [3.63, 3.8) is 0 Å². The van der Waals surface area contributed by atoms with Gasteiger partial charge in [-0.15, -0.1) is 0 Å². The maximum absolute atomic E-state index is 12.3. The van der Waals surface area contributed by atoms with Crippen LogP contribution < -0.4 is 10.2 Å². The second-order valence-corrected chi connectivity index (χ2v) is 10.3. The molecule has 0 unspecified atom stereocenters. The maximum Gasteiger partial charge on any atom is 0.287 e. The van der Waals surface area contributed by atoms with Gasteiger partial charge >= 0.3 is 0 Å². The van der Waals surface area contributed by atoms with Gasteiger partial charge in [0, 0.05) is 52.4 Å². The average Bonchev–Trinajstić information content (AvgIpc) is 3.62. The number of piperazine rings is 1. The lowest BCUT2D eigenvalue weighted by atomic mass is 10.2. The number of anilines is 1. The van der Waals surface area contributed by atoms with Crippen molar-refractivity contribution in [1.29, 1.82) is 0 Å². The van der Waals surface area contributed by atoms with Crippen molar-refractivity contribution in [3.05, 3.63) is 71.3 Å². The molecule has 2 aromatic heterocycles. The van der Waals surface area contributed by atoms with Crippen LogP contribution in [-0.4, -0.2) is 60.6 Å². The summed E-state index contributed by atoms with van der Waals surface area (Å²) in [5.74, 6) is 3.05. The highest BCUT2D eigenvalue weighted by Gasteiger charge is 2.23. The van der Waals surface area contributed by atoms with Gasteiger partial charge in [0.15, 0.2) is 10.9 Å². The molecule has 9 heteroatoms. The van der Waals surface area contributed by atoms with E-state index in [-0.39, 0.29) is 5.91 Å². The van der Waals surface area contributed by atoms with Crippen LogP contribution in [-0.2, 0) is 23.6 Å². The topological polar surface area (TPSA) is 83.7 Å². The van der Waals surface area contributed by atoms with Crippen LogP contribution in [0, 0.1) is 5.92 Å². The molecule has 0 atom stereocenters. The van der Waals surface area contributed by atoms with Gasteiger partial charge in [0.2, 0.25) is 0 Å². The summed E-state index contributed by atoms with van der Waals surface area (Å²) >= 11 is 1.51. The van der Waals surface area contributed by atoms with E-state index in [9.17, 15) is 4.79 Å². The molecule has 3 heterocycles. The lowest BCUT2D eigenvalue weighted by Crippen LogP contribution is -2.46. The Morgan fingerprint density at radius 1 is 1.11 bits per heavy atom. The summed E-state index contributed by atoms with van der Waals surface area (Å²) in [4.78, 5) is 26.6. The number of nitrogens with one attached hydrogen (secondary N) is 1. The normalized spacial score (nSPS) is 16.3. The summed E-state index contributed by atoms with van der Waals surface area (Å²) < 4.78 is 11.1. The van der Waals surface area contributed by atoms with Gasteiger partial charge in [-0.2, -0.15) is 0 Å². The molecule has 1 N–H and O–H groups in total. The Bertz CT molecular complexity index is 1140. The van der Waals surface area contributed by atoms with Crippen LogP contribution in [0.25, 0.3) is 0 Å². The third-order valence-corrected chi connectivity index (χ3v) is 7.33. The summed E-state index contributed by atoms with van der Waals surface area (Å²) in [6.45, 7) is 5.93. The van der Waals surface area contributed by atoms with Gasteiger partial charge in [-0.25, -0.2) is 9.97 Å². The number of benzene rings is 1. The molecule has 8 nitrogen and oxygen atoms in total. The minimum Gasteiger partial charge on any atom is -0.455 e. The number of amides is 1. The highest BCUT2D eigenvalue weighted by molar-refractivity contribution is 7.98. The third kappa shape index (κ3) is 6.87. The molecule has 0 radical (unpaired) electrons. The van der Waals surface area contributed by atoms with E-state index in [1.54, 1.807) is 13.2 Å². The fraction of sp³-hybridized carbons (Fsp3) is 0.444. The molecule has 3 aromatic rings. The first-order valence-corrected chi connectivity index (χ1v) is 13.5. The number of rotatable bonds is 11. The molecule has 1 aromatic carbocycles. The minimum absolute atomic E-state index is 0.148. The minimum atomic E-state index is -0.148. The van der Waals surface area contributed by atoms with Gasteiger partial charge in [-0.1, -0.05) is 42.1 Å². The van der Waals surface area contributed by atoms with E-state index >= 15 is 0 Å². The molecule has 190 valence electrons. The Labute approximate surface area is 216 Å². The first-order valence-electron chi connectivity index (χ1n) is 12.5. The lowest BCUT2D eigenvalue weighted by molar-refractivity contribution is 0.0922. The van der Waals surface area contributed by atoms with Crippen LogP contribution in [0.4, 0.5) is 5.82 Å². The van der Waals surface area contributed by atoms with Gasteiger partial charge in [-0.3, -0.25) is 9.69 Å². The third-order valence-electron chi connectivity index (χ3n) is 6.46. The van der Waals surface area contributed by atoms with E-state index in [1.807, 2.05) is 12.1 Å². The molecule has 1 saturated carbocycles. The van der Waals surface area contributed by atoms with Crippen LogP contribution in [0.2, 0.25) is 0 Å². The summed E-state index contributed by atoms with van der Waals surface area (Å²) in [6.07, 6.45) is 2.40. The van der Waals surface area contributed by atoms with E-state index in [2.05, 4.69) is 50.4 Å². The number of aromatic nitrogens is 2. The molecular weight excluding hydrogens is 474 g/mol. The smallest absolute Gasteiger partial charge is 0.287 e. The second-order valence-electron chi connectivity index (χ2n) is 9.39. The molecular formula is C27H33N5O3S. The van der Waals surface area contributed by atoms with Gasteiger partial charge < -0.3 is 19.4 Å². The Balaban J connectivity index is 1.18. The zero-order valence-electron chi connectivity index (χ0n) is 20.7. The predicted molar refractivity (Wildman–Crippen MR) is 140 cm³/mol. The van der Waals surface area contributed by atoms with Crippen LogP contribution >= 0.6 is 11.8 Å². The van der Waals surface area contributed by atoms with E-state index < -0.39 is 0 Å². The van der Waals surface area contributed by atoms with Gasteiger partial charge in [0.25, 0.3) is 5.91 Å². The monoisotopic (exact) mass is 507 g/mol. The number of hydrogen-bond donors (Lipinski definition) is 1. The predicted octanol–water partition coefficient (Wildman–Crippen LogP) is 3.97. The largest absolute Gasteiger partial charge is 0.455 e. The number of carbonyl (C=O) groups excluding carboxylic acids is 1. The fourth-order valence-corrected chi connectivity index (χ4v) is 5.01. The van der Waals surface area contributed by atoms with Crippen molar-refractivity contribution in [2.24, 2.45) is 5.92 Å². The highest BCUT2D eigenvalue weighted by atomic mass is 32.2. The van der Waals surface area contributed by atoms with Crippen LogP contribution in [0.1, 0.15) is 40.4 Å². The second kappa shape index (κ2) is 11.9. The lowest BCUT2D eigenvalue weighted by Gasteiger charge is -2.35. The van der Waals surface area contributed by atoms with Crippen molar-refractivity contribution < 1.29 is 13.9 Å². The molecule has 1 aliphatic carbocycles. The number of ether oxygens (including phenoxy) is 1. The SMILES string of the molecule is COCc1cc(N2CCN(Cc3ccccc3)CC2)nc(SCc2ccc(C(=O)NCC3CC3)o2)n1. The summed E-state index contributed by atoms with van der Waals surface area (Å²) in [6, 6.07) is 16.2. The molecule has 1 amide bonds. The number of nitrogens with zero attached hydrogens (tertiary/aromatic N) is 4. The van der Waals surface area contributed by atoms with Crippen molar-refractivity contribution >= 4 is 23.5 Å². The maximum atomic E-state index is 12.3. The molecule has 1 saturated heterocycles. The molecule has 5 rings (SSSR count). The number of hydrogen-bond acceptors (Lipinski definition) is 8. The molecule has 2 fully saturated rings. The summed E-state index contributed by atoms with van der Waals surface area (Å²) in [5, 5.41) is 3.63. The molecule has 36 heavy (non-hydrogen) atoms. The van der Waals surface area contributed by atoms with E-state index in [1.165, 1.54) is 30.2 Å². The van der Waals surface area contributed by atoms with Crippen molar-refractivity contribution in [2.45, 2.75) is 36.9 Å². The number of carbonyl (C=O) groups is 1. The standard InChI is InChI=1S/C27H33N5O3S/c1-34-18-22-15-25(32-13-11-31(12-14-32)17-21-5-3-2-4-6-21)30-27(29-22)36-19-23-9-10-24(35-23)26(33)28-16-20-7-8-20/h2-6,9-10,15,20H,7-8,11-14,16-19H2,1H3,(H,28,33). The molecule has 0 bridgehead atoms. The van der Waals surface area contributed by atoms with Crippen molar-refractivity contribution in [3.8, 4) is 0 Å². The van der Waals surface area contributed by atoms with Gasteiger partial charge in [0.05, 0.1) is 18.1 Å². The van der Waals surface area contributed by atoms with E-state index in [0.717, 1.165) is 56.5 Å². The first kappa shape index (κ1) is 24.8. The number of furan rings is 1. The Morgan fingerprint density at radius 3 is 2.67 bits per heavy atom. The van der Waals surface area contributed by atoms with E-state index in [4.69, 9.17) is 14.1 Å². The first-order chi connectivity index (χ1) is 17.7. The summed E-state index contributed by atoms with van der Waals surface area (Å²) in [5.41, 5.74) is 2.20. The van der Waals surface area contributed by atoms with Crippen LogP contribution in [0.5, 0.6) is 0 Å². The zero-order valence-corrected chi connectivity index (χ0v) is 21.5. The van der Waals surface area contributed by atoms with Crippen molar-refractivity contribution in [1.82, 2.24) is 20.2 Å².